The van der Waals surface area contributed by atoms with Crippen LogP contribution in [0.25, 0.3) is 0 Å². The number of ether oxygens (including phenoxy) is 1. The molecule has 0 fully saturated rings. The third kappa shape index (κ3) is 4.30. The molecule has 0 spiro atoms. The van der Waals surface area contributed by atoms with E-state index in [1.807, 2.05) is 6.07 Å². The standard InChI is InChI=1S/C13H20N4O/c1-11(2)12-9-13(16-10-15-12)17(6-4-5-14)7-8-18-3/h9-11H,4,6-8H2,1-3H3. The van der Waals surface area contributed by atoms with E-state index in [-0.39, 0.29) is 0 Å². The summed E-state index contributed by atoms with van der Waals surface area (Å²) in [6.45, 7) is 6.20. The Morgan fingerprint density at radius 3 is 2.78 bits per heavy atom. The molecule has 0 radical (unpaired) electrons. The van der Waals surface area contributed by atoms with E-state index in [1.165, 1.54) is 0 Å². The molecule has 0 unspecified atom stereocenters. The maximum absolute atomic E-state index is 8.69. The molecule has 1 heterocycles. The molecule has 98 valence electrons. The summed E-state index contributed by atoms with van der Waals surface area (Å²) in [5.74, 6) is 1.23. The Kier molecular flexibility index (Phi) is 6.09. The summed E-state index contributed by atoms with van der Waals surface area (Å²) in [7, 11) is 1.67. The minimum Gasteiger partial charge on any atom is -0.383 e. The van der Waals surface area contributed by atoms with Crippen molar-refractivity contribution < 1.29 is 4.74 Å². The zero-order valence-electron chi connectivity index (χ0n) is 11.3. The second-order valence-corrected chi connectivity index (χ2v) is 4.34. The lowest BCUT2D eigenvalue weighted by Crippen LogP contribution is -2.29. The molecule has 1 aromatic heterocycles. The van der Waals surface area contributed by atoms with Crippen molar-refractivity contribution in [2.45, 2.75) is 26.2 Å². The Labute approximate surface area is 108 Å². The van der Waals surface area contributed by atoms with Gasteiger partial charge in [0.25, 0.3) is 0 Å². The zero-order chi connectivity index (χ0) is 13.4. The normalized spacial score (nSPS) is 10.4. The summed E-state index contributed by atoms with van der Waals surface area (Å²) in [6.07, 6.45) is 2.06. The molecule has 0 amide bonds. The molecular formula is C13H20N4O. The summed E-state index contributed by atoms with van der Waals surface area (Å²) in [5.41, 5.74) is 1.01. The average molecular weight is 248 g/mol. The van der Waals surface area contributed by atoms with Crippen LogP contribution in [0.3, 0.4) is 0 Å². The quantitative estimate of drug-likeness (QED) is 0.738. The molecule has 0 aliphatic heterocycles. The fourth-order valence-electron chi connectivity index (χ4n) is 1.58. The lowest BCUT2D eigenvalue weighted by molar-refractivity contribution is 0.205. The molecule has 0 aliphatic rings. The number of nitrogens with zero attached hydrogens (tertiary/aromatic N) is 4. The highest BCUT2D eigenvalue weighted by molar-refractivity contribution is 5.39. The van der Waals surface area contributed by atoms with E-state index >= 15 is 0 Å². The number of anilines is 1. The Balaban J connectivity index is 2.82. The molecule has 0 saturated carbocycles. The van der Waals surface area contributed by atoms with Gasteiger partial charge in [0.2, 0.25) is 0 Å². The highest BCUT2D eigenvalue weighted by Gasteiger charge is 2.10. The fourth-order valence-corrected chi connectivity index (χ4v) is 1.58. The van der Waals surface area contributed by atoms with Crippen LogP contribution in [-0.4, -0.2) is 36.8 Å². The van der Waals surface area contributed by atoms with Crippen molar-refractivity contribution >= 4 is 5.82 Å². The van der Waals surface area contributed by atoms with Crippen molar-refractivity contribution in [1.29, 1.82) is 5.26 Å². The number of rotatable bonds is 7. The first-order valence-corrected chi connectivity index (χ1v) is 6.11. The second kappa shape index (κ2) is 7.62. The Hall–Kier alpha value is -1.67. The largest absolute Gasteiger partial charge is 0.383 e. The number of aromatic nitrogens is 2. The van der Waals surface area contributed by atoms with Crippen molar-refractivity contribution in [2.75, 3.05) is 31.7 Å². The van der Waals surface area contributed by atoms with Crippen LogP contribution in [0.4, 0.5) is 5.82 Å². The molecule has 1 rings (SSSR count). The van der Waals surface area contributed by atoms with Crippen LogP contribution in [0.15, 0.2) is 12.4 Å². The molecular weight excluding hydrogens is 228 g/mol. The highest BCUT2D eigenvalue weighted by atomic mass is 16.5. The van der Waals surface area contributed by atoms with Gasteiger partial charge < -0.3 is 9.64 Å². The topological polar surface area (TPSA) is 62.0 Å². The summed E-state index contributed by atoms with van der Waals surface area (Å²) in [4.78, 5) is 10.6. The van der Waals surface area contributed by atoms with Crippen molar-refractivity contribution in [1.82, 2.24) is 9.97 Å². The number of methoxy groups -OCH3 is 1. The molecule has 5 heteroatoms. The first-order chi connectivity index (χ1) is 8.69. The van der Waals surface area contributed by atoms with E-state index in [2.05, 4.69) is 34.8 Å². The van der Waals surface area contributed by atoms with Crippen molar-refractivity contribution in [3.8, 4) is 6.07 Å². The smallest absolute Gasteiger partial charge is 0.132 e. The van der Waals surface area contributed by atoms with Crippen LogP contribution in [-0.2, 0) is 4.74 Å². The predicted octanol–water partition coefficient (Wildman–Crippen LogP) is 1.97. The van der Waals surface area contributed by atoms with E-state index in [4.69, 9.17) is 10.00 Å². The zero-order valence-corrected chi connectivity index (χ0v) is 11.3. The predicted molar refractivity (Wildman–Crippen MR) is 70.4 cm³/mol. The molecule has 0 atom stereocenters. The lowest BCUT2D eigenvalue weighted by atomic mass is 10.1. The molecule has 18 heavy (non-hydrogen) atoms. The van der Waals surface area contributed by atoms with Crippen LogP contribution >= 0.6 is 0 Å². The van der Waals surface area contributed by atoms with Gasteiger partial charge in [0.05, 0.1) is 19.1 Å². The first kappa shape index (κ1) is 14.4. The SMILES string of the molecule is COCCN(CCC#N)c1cc(C(C)C)ncn1. The van der Waals surface area contributed by atoms with Gasteiger partial charge in [0.1, 0.15) is 12.1 Å². The summed E-state index contributed by atoms with van der Waals surface area (Å²) in [5, 5.41) is 8.69. The van der Waals surface area contributed by atoms with Crippen molar-refractivity contribution in [3.63, 3.8) is 0 Å². The van der Waals surface area contributed by atoms with Crippen LogP contribution in [0.5, 0.6) is 0 Å². The van der Waals surface area contributed by atoms with Gasteiger partial charge in [-0.3, -0.25) is 0 Å². The van der Waals surface area contributed by atoms with E-state index in [0.717, 1.165) is 18.1 Å². The van der Waals surface area contributed by atoms with E-state index in [9.17, 15) is 0 Å². The van der Waals surface area contributed by atoms with Gasteiger partial charge in [0.15, 0.2) is 0 Å². The van der Waals surface area contributed by atoms with Crippen molar-refractivity contribution in [2.24, 2.45) is 0 Å². The lowest BCUT2D eigenvalue weighted by Gasteiger charge is -2.22. The van der Waals surface area contributed by atoms with Gasteiger partial charge in [-0.2, -0.15) is 5.26 Å². The number of hydrogen-bond donors (Lipinski definition) is 0. The van der Waals surface area contributed by atoms with Crippen LogP contribution in [0, 0.1) is 11.3 Å². The summed E-state index contributed by atoms with van der Waals surface area (Å²) in [6, 6.07) is 4.14. The Bertz CT molecular complexity index is 400. The highest BCUT2D eigenvalue weighted by Crippen LogP contribution is 2.17. The third-order valence-electron chi connectivity index (χ3n) is 2.65. The number of nitriles is 1. The van der Waals surface area contributed by atoms with Crippen molar-refractivity contribution in [3.05, 3.63) is 18.1 Å². The molecule has 0 bridgehead atoms. The first-order valence-electron chi connectivity index (χ1n) is 6.11. The van der Waals surface area contributed by atoms with E-state index < -0.39 is 0 Å². The van der Waals surface area contributed by atoms with E-state index in [0.29, 0.717) is 25.5 Å². The van der Waals surface area contributed by atoms with Gasteiger partial charge in [0, 0.05) is 32.0 Å². The van der Waals surface area contributed by atoms with Crippen LogP contribution < -0.4 is 4.90 Å². The van der Waals surface area contributed by atoms with Gasteiger partial charge >= 0.3 is 0 Å². The van der Waals surface area contributed by atoms with Gasteiger partial charge in [-0.05, 0) is 5.92 Å². The maximum atomic E-state index is 8.69. The molecule has 1 aromatic rings. The second-order valence-electron chi connectivity index (χ2n) is 4.34. The minimum atomic E-state index is 0.368. The van der Waals surface area contributed by atoms with Crippen LogP contribution in [0.2, 0.25) is 0 Å². The maximum Gasteiger partial charge on any atom is 0.132 e. The molecule has 0 N–H and O–H groups in total. The summed E-state index contributed by atoms with van der Waals surface area (Å²) < 4.78 is 5.08. The van der Waals surface area contributed by atoms with E-state index in [1.54, 1.807) is 13.4 Å². The monoisotopic (exact) mass is 248 g/mol. The molecule has 0 aromatic carbocycles. The molecule has 0 saturated heterocycles. The molecule has 5 nitrogen and oxygen atoms in total. The third-order valence-corrected chi connectivity index (χ3v) is 2.65. The minimum absolute atomic E-state index is 0.368. The summed E-state index contributed by atoms with van der Waals surface area (Å²) >= 11 is 0. The average Bonchev–Trinajstić information content (AvgIpc) is 2.39. The van der Waals surface area contributed by atoms with Gasteiger partial charge in [-0.25, -0.2) is 9.97 Å². The Morgan fingerprint density at radius 2 is 2.17 bits per heavy atom. The number of hydrogen-bond acceptors (Lipinski definition) is 5. The van der Waals surface area contributed by atoms with Gasteiger partial charge in [-0.1, -0.05) is 13.8 Å². The Morgan fingerprint density at radius 1 is 1.39 bits per heavy atom. The fraction of sp³-hybridized carbons (Fsp3) is 0.615. The molecule has 0 aliphatic carbocycles. The van der Waals surface area contributed by atoms with Gasteiger partial charge in [-0.15, -0.1) is 0 Å². The van der Waals surface area contributed by atoms with Crippen LogP contribution in [0.1, 0.15) is 31.9 Å².